The minimum Gasteiger partial charge on any atom is -0.338 e. The van der Waals surface area contributed by atoms with Gasteiger partial charge in [0.25, 0.3) is 6.43 Å². The fourth-order valence-corrected chi connectivity index (χ4v) is 5.65. The molecule has 176 valence electrons. The largest absolute Gasteiger partial charge is 0.338 e. The Balaban J connectivity index is 1.57. The van der Waals surface area contributed by atoms with Crippen LogP contribution in [0.5, 0.6) is 0 Å². The molecular weight excluding hydrogens is 426 g/mol. The third kappa shape index (κ3) is 4.04. The van der Waals surface area contributed by atoms with Gasteiger partial charge in [0.05, 0.1) is 12.6 Å². The van der Waals surface area contributed by atoms with Gasteiger partial charge in [0.15, 0.2) is 5.82 Å². The lowest BCUT2D eigenvalue weighted by Crippen LogP contribution is -2.36. The molecule has 1 aromatic carbocycles. The highest BCUT2D eigenvalue weighted by atomic mass is 19.3. The Morgan fingerprint density at radius 2 is 1.94 bits per heavy atom. The summed E-state index contributed by atoms with van der Waals surface area (Å²) in [5, 5.41) is 5.09. The van der Waals surface area contributed by atoms with E-state index in [1.165, 1.54) is 6.07 Å². The standard InChI is InChI=1S/C25H30F2N4O2/c1-16(33)29-12-10-22-21(14-29)25(28-31(22)20-8-4-17(15-32)5-9-20)30-11-2-3-18-6-7-19(24(26)27)13-23(18)30/h6-7,13,15,17,20,24H,2-5,8-12,14H2,1H3. The van der Waals surface area contributed by atoms with Crippen LogP contribution in [0, 0.1) is 5.92 Å². The molecule has 8 heteroatoms. The van der Waals surface area contributed by atoms with E-state index in [-0.39, 0.29) is 23.4 Å². The van der Waals surface area contributed by atoms with Gasteiger partial charge in [-0.15, -0.1) is 0 Å². The summed E-state index contributed by atoms with van der Waals surface area (Å²) in [6.07, 6.45) is 4.58. The summed E-state index contributed by atoms with van der Waals surface area (Å²) < 4.78 is 29.1. The highest BCUT2D eigenvalue weighted by molar-refractivity contribution is 5.75. The van der Waals surface area contributed by atoms with E-state index in [4.69, 9.17) is 5.10 Å². The number of hydrogen-bond acceptors (Lipinski definition) is 4. The van der Waals surface area contributed by atoms with Gasteiger partial charge in [0.1, 0.15) is 6.29 Å². The summed E-state index contributed by atoms with van der Waals surface area (Å²) >= 11 is 0. The number of carbonyl (C=O) groups is 2. The molecule has 2 aliphatic heterocycles. The van der Waals surface area contributed by atoms with Crippen molar-refractivity contribution in [2.24, 2.45) is 5.92 Å². The Hall–Kier alpha value is -2.77. The first-order chi connectivity index (χ1) is 16.0. The lowest BCUT2D eigenvalue weighted by atomic mass is 9.87. The first-order valence-corrected chi connectivity index (χ1v) is 12.0. The fourth-order valence-electron chi connectivity index (χ4n) is 5.65. The second-order valence-electron chi connectivity index (χ2n) is 9.53. The predicted molar refractivity (Wildman–Crippen MR) is 121 cm³/mol. The first kappa shape index (κ1) is 22.0. The van der Waals surface area contributed by atoms with E-state index in [1.807, 2.05) is 11.0 Å². The molecule has 0 saturated heterocycles. The lowest BCUT2D eigenvalue weighted by molar-refractivity contribution is -0.129. The van der Waals surface area contributed by atoms with Crippen LogP contribution in [0.2, 0.25) is 0 Å². The Morgan fingerprint density at radius 3 is 2.64 bits per heavy atom. The summed E-state index contributed by atoms with van der Waals surface area (Å²) in [5.74, 6) is 0.952. The summed E-state index contributed by atoms with van der Waals surface area (Å²) in [7, 11) is 0. The number of aromatic nitrogens is 2. The van der Waals surface area contributed by atoms with Crippen molar-refractivity contribution >= 4 is 23.7 Å². The zero-order chi connectivity index (χ0) is 23.1. The average molecular weight is 457 g/mol. The van der Waals surface area contributed by atoms with Crippen LogP contribution in [-0.2, 0) is 29.0 Å². The van der Waals surface area contributed by atoms with Crippen molar-refractivity contribution in [3.05, 3.63) is 40.6 Å². The topological polar surface area (TPSA) is 58.4 Å². The molecule has 0 atom stereocenters. The molecule has 0 N–H and O–H groups in total. The average Bonchev–Trinajstić information content (AvgIpc) is 3.22. The van der Waals surface area contributed by atoms with Gasteiger partial charge in [-0.3, -0.25) is 9.48 Å². The molecule has 2 aromatic rings. The molecule has 1 aliphatic carbocycles. The van der Waals surface area contributed by atoms with Crippen LogP contribution in [0.25, 0.3) is 0 Å². The molecule has 33 heavy (non-hydrogen) atoms. The van der Waals surface area contributed by atoms with E-state index in [1.54, 1.807) is 13.0 Å². The fraction of sp³-hybridized carbons (Fsp3) is 0.560. The molecule has 1 saturated carbocycles. The number of aldehydes is 1. The number of carbonyl (C=O) groups excluding carboxylic acids is 2. The van der Waals surface area contributed by atoms with Gasteiger partial charge in [-0.05, 0) is 50.2 Å². The molecule has 0 spiro atoms. The number of anilines is 2. The molecule has 0 radical (unpaired) electrons. The van der Waals surface area contributed by atoms with Crippen molar-refractivity contribution in [1.82, 2.24) is 14.7 Å². The Morgan fingerprint density at radius 1 is 1.15 bits per heavy atom. The number of hydrogen-bond donors (Lipinski definition) is 0. The van der Waals surface area contributed by atoms with Crippen LogP contribution in [-0.4, -0.2) is 40.0 Å². The minimum atomic E-state index is -2.52. The molecule has 1 fully saturated rings. The van der Waals surface area contributed by atoms with Crippen molar-refractivity contribution in [1.29, 1.82) is 0 Å². The molecule has 3 heterocycles. The highest BCUT2D eigenvalue weighted by Crippen LogP contribution is 2.41. The van der Waals surface area contributed by atoms with E-state index < -0.39 is 6.43 Å². The van der Waals surface area contributed by atoms with Crippen LogP contribution in [0.3, 0.4) is 0 Å². The number of alkyl halides is 2. The Kier molecular flexibility index (Phi) is 5.93. The summed E-state index contributed by atoms with van der Waals surface area (Å²) in [4.78, 5) is 27.3. The number of nitrogens with zero attached hydrogens (tertiary/aromatic N) is 4. The normalized spacial score (nSPS) is 22.8. The van der Waals surface area contributed by atoms with E-state index in [2.05, 4.69) is 9.58 Å². The SMILES string of the molecule is CC(=O)N1CCc2c(c(N3CCCc4ccc(C(F)F)cc43)nn2C2CCC(C=O)CC2)C1. The Labute approximate surface area is 192 Å². The second-order valence-corrected chi connectivity index (χ2v) is 9.53. The van der Waals surface area contributed by atoms with Crippen LogP contribution >= 0.6 is 0 Å². The second kappa shape index (κ2) is 8.88. The smallest absolute Gasteiger partial charge is 0.263 e. The predicted octanol–water partition coefficient (Wildman–Crippen LogP) is 4.74. The van der Waals surface area contributed by atoms with Gasteiger partial charge in [-0.25, -0.2) is 8.78 Å². The number of amides is 1. The maximum absolute atomic E-state index is 13.5. The molecule has 0 unspecified atom stereocenters. The maximum atomic E-state index is 13.5. The van der Waals surface area contributed by atoms with Gasteiger partial charge >= 0.3 is 0 Å². The number of benzene rings is 1. The van der Waals surface area contributed by atoms with Crippen LogP contribution in [0.4, 0.5) is 20.3 Å². The third-order valence-electron chi connectivity index (χ3n) is 7.53. The Bertz CT molecular complexity index is 1060. The molecule has 0 bridgehead atoms. The summed E-state index contributed by atoms with van der Waals surface area (Å²) in [6, 6.07) is 5.16. The maximum Gasteiger partial charge on any atom is 0.263 e. The molecule has 3 aliphatic rings. The molecular formula is C25H30F2N4O2. The monoisotopic (exact) mass is 456 g/mol. The summed E-state index contributed by atoms with van der Waals surface area (Å²) in [6.45, 7) is 3.44. The van der Waals surface area contributed by atoms with E-state index >= 15 is 0 Å². The van der Waals surface area contributed by atoms with Gasteiger partial charge < -0.3 is 14.6 Å². The van der Waals surface area contributed by atoms with Gasteiger partial charge in [0.2, 0.25) is 5.91 Å². The summed E-state index contributed by atoms with van der Waals surface area (Å²) in [5.41, 5.74) is 4.06. The molecule has 5 rings (SSSR count). The zero-order valence-corrected chi connectivity index (χ0v) is 19.0. The zero-order valence-electron chi connectivity index (χ0n) is 19.0. The number of rotatable bonds is 4. The number of aryl methyl sites for hydroxylation is 1. The highest BCUT2D eigenvalue weighted by Gasteiger charge is 2.34. The van der Waals surface area contributed by atoms with Gasteiger partial charge in [-0.1, -0.05) is 12.1 Å². The first-order valence-electron chi connectivity index (χ1n) is 12.0. The molecule has 6 nitrogen and oxygen atoms in total. The van der Waals surface area contributed by atoms with Crippen LogP contribution < -0.4 is 4.90 Å². The number of fused-ring (bicyclic) bond motifs is 2. The van der Waals surface area contributed by atoms with E-state index in [0.717, 1.165) is 79.6 Å². The quantitative estimate of drug-likeness (QED) is 0.624. The molecule has 1 aromatic heterocycles. The van der Waals surface area contributed by atoms with E-state index in [0.29, 0.717) is 19.6 Å². The molecule has 1 amide bonds. The van der Waals surface area contributed by atoms with Gasteiger partial charge in [-0.2, -0.15) is 5.10 Å². The van der Waals surface area contributed by atoms with Crippen molar-refractivity contribution in [2.75, 3.05) is 18.0 Å². The third-order valence-corrected chi connectivity index (χ3v) is 7.53. The van der Waals surface area contributed by atoms with Crippen molar-refractivity contribution in [3.8, 4) is 0 Å². The van der Waals surface area contributed by atoms with E-state index in [9.17, 15) is 18.4 Å². The van der Waals surface area contributed by atoms with Crippen LogP contribution in [0.1, 0.15) is 73.9 Å². The van der Waals surface area contributed by atoms with Crippen LogP contribution in [0.15, 0.2) is 18.2 Å². The van der Waals surface area contributed by atoms with Crippen molar-refractivity contribution < 1.29 is 18.4 Å². The van der Waals surface area contributed by atoms with Gasteiger partial charge in [0, 0.05) is 54.9 Å². The lowest BCUT2D eigenvalue weighted by Gasteiger charge is -2.33. The van der Waals surface area contributed by atoms with Crippen molar-refractivity contribution in [3.63, 3.8) is 0 Å². The minimum absolute atomic E-state index is 0.0199. The number of halogens is 2. The van der Waals surface area contributed by atoms with Crippen molar-refractivity contribution in [2.45, 2.75) is 70.9 Å².